The molecule has 0 bridgehead atoms. The van der Waals surface area contributed by atoms with E-state index in [9.17, 15) is 18.3 Å². The Kier molecular flexibility index (Phi) is 7.72. The first kappa shape index (κ1) is 26.2. The van der Waals surface area contributed by atoms with Gasteiger partial charge in [0.15, 0.2) is 17.7 Å². The molecule has 194 valence electrons. The minimum absolute atomic E-state index is 0.247. The Morgan fingerprint density at radius 2 is 1.86 bits per heavy atom. The van der Waals surface area contributed by atoms with Gasteiger partial charge < -0.3 is 20.6 Å². The van der Waals surface area contributed by atoms with Crippen LogP contribution in [0.3, 0.4) is 0 Å². The van der Waals surface area contributed by atoms with Crippen LogP contribution in [-0.4, -0.2) is 62.1 Å². The highest BCUT2D eigenvalue weighted by Crippen LogP contribution is 2.34. The molecule has 4 N–H and O–H groups in total. The van der Waals surface area contributed by atoms with E-state index in [0.717, 1.165) is 35.3 Å². The molecule has 1 aliphatic heterocycles. The molecule has 4 rings (SSSR count). The number of aliphatic hydroxyl groups is 1. The third-order valence-corrected chi connectivity index (χ3v) is 6.67. The van der Waals surface area contributed by atoms with Gasteiger partial charge in [0.05, 0.1) is 6.20 Å². The fourth-order valence-electron chi connectivity index (χ4n) is 4.43. The van der Waals surface area contributed by atoms with Gasteiger partial charge in [-0.25, -0.2) is 4.98 Å². The Bertz CT molecular complexity index is 1210. The van der Waals surface area contributed by atoms with Crippen LogP contribution in [0, 0.1) is 20.8 Å². The van der Waals surface area contributed by atoms with Crippen LogP contribution in [0.5, 0.6) is 0 Å². The van der Waals surface area contributed by atoms with Gasteiger partial charge in [0, 0.05) is 24.0 Å². The second-order valence-corrected chi connectivity index (χ2v) is 9.64. The zero-order valence-corrected chi connectivity index (χ0v) is 21.0. The van der Waals surface area contributed by atoms with E-state index in [1.165, 1.54) is 11.8 Å². The summed E-state index contributed by atoms with van der Waals surface area (Å²) in [4.78, 5) is 10.4. The van der Waals surface area contributed by atoms with Crippen molar-refractivity contribution in [3.8, 4) is 0 Å². The second kappa shape index (κ2) is 10.6. The average Bonchev–Trinajstić information content (AvgIpc) is 3.22. The number of nitrogens with zero attached hydrogens (tertiary/aromatic N) is 4. The summed E-state index contributed by atoms with van der Waals surface area (Å²) in [5.74, 6) is 1.64. The van der Waals surface area contributed by atoms with Gasteiger partial charge >= 0.3 is 6.18 Å². The molecule has 1 fully saturated rings. The summed E-state index contributed by atoms with van der Waals surface area (Å²) >= 11 is 6.25. The van der Waals surface area contributed by atoms with Crippen molar-refractivity contribution in [1.82, 2.24) is 25.1 Å². The minimum atomic E-state index is -4.59. The minimum Gasteiger partial charge on any atom is -0.382 e. The third-order valence-electron chi connectivity index (χ3n) is 6.39. The summed E-state index contributed by atoms with van der Waals surface area (Å²) in [6, 6.07) is 5.98. The van der Waals surface area contributed by atoms with Crippen LogP contribution in [0.15, 0.2) is 24.4 Å². The van der Waals surface area contributed by atoms with E-state index >= 15 is 0 Å². The summed E-state index contributed by atoms with van der Waals surface area (Å²) in [6.07, 6.45) is -3.91. The number of aryl methyl sites for hydroxylation is 3. The molecule has 0 aliphatic carbocycles. The summed E-state index contributed by atoms with van der Waals surface area (Å²) < 4.78 is 38.0. The van der Waals surface area contributed by atoms with E-state index in [-0.39, 0.29) is 12.5 Å². The first-order chi connectivity index (χ1) is 17.0. The van der Waals surface area contributed by atoms with Crippen molar-refractivity contribution in [1.29, 1.82) is 0 Å². The van der Waals surface area contributed by atoms with Crippen LogP contribution in [-0.2, 0) is 0 Å². The normalized spacial score (nSPS) is 16.2. The van der Waals surface area contributed by atoms with Crippen molar-refractivity contribution >= 4 is 34.9 Å². The number of aromatic nitrogens is 4. The maximum absolute atomic E-state index is 12.7. The number of piperidine rings is 1. The Morgan fingerprint density at radius 3 is 2.50 bits per heavy atom. The van der Waals surface area contributed by atoms with Crippen LogP contribution < -0.4 is 10.6 Å². The van der Waals surface area contributed by atoms with Crippen LogP contribution in [0.25, 0.3) is 0 Å². The van der Waals surface area contributed by atoms with Gasteiger partial charge in [-0.05, 0) is 75.4 Å². The van der Waals surface area contributed by atoms with Crippen LogP contribution in [0.4, 0.5) is 36.4 Å². The quantitative estimate of drug-likeness (QED) is 0.330. The number of aromatic amines is 1. The highest BCUT2D eigenvalue weighted by Gasteiger charge is 2.39. The van der Waals surface area contributed by atoms with E-state index in [0.29, 0.717) is 35.7 Å². The number of β-amino-alcohol motifs (C(OH)–C–C–N with tert-alkyl or cyclic N) is 1. The summed E-state index contributed by atoms with van der Waals surface area (Å²) in [6.45, 7) is 6.55. The van der Waals surface area contributed by atoms with Crippen molar-refractivity contribution < 1.29 is 18.3 Å². The number of rotatable bonds is 7. The molecule has 8 nitrogen and oxygen atoms in total. The van der Waals surface area contributed by atoms with Crippen molar-refractivity contribution in [3.05, 3.63) is 51.8 Å². The van der Waals surface area contributed by atoms with Crippen molar-refractivity contribution in [2.24, 2.45) is 0 Å². The molecule has 2 aromatic heterocycles. The molecule has 1 unspecified atom stereocenters. The van der Waals surface area contributed by atoms with E-state index in [2.05, 4.69) is 36.9 Å². The number of benzene rings is 1. The van der Waals surface area contributed by atoms with Gasteiger partial charge in [0.1, 0.15) is 5.02 Å². The van der Waals surface area contributed by atoms with Gasteiger partial charge in [0.25, 0.3) is 0 Å². The second-order valence-electron chi connectivity index (χ2n) is 9.23. The number of H-pyrrole nitrogens is 1. The van der Waals surface area contributed by atoms with E-state index in [1.54, 1.807) is 4.90 Å². The fourth-order valence-corrected chi connectivity index (χ4v) is 4.56. The van der Waals surface area contributed by atoms with Gasteiger partial charge in [0.2, 0.25) is 5.95 Å². The highest BCUT2D eigenvalue weighted by molar-refractivity contribution is 6.32. The molecule has 0 spiro atoms. The molecule has 12 heteroatoms. The number of hydrogen-bond donors (Lipinski definition) is 4. The first-order valence-corrected chi connectivity index (χ1v) is 12.0. The third kappa shape index (κ3) is 6.26. The molecule has 0 amide bonds. The standard InChI is InChI=1S/C24H29ClF3N7O/c1-13-9-19(30-23-29-11-18(25)22(32-23)31-21-10-15(3)33-34-21)14(2)8-17(13)16-4-6-35(7-5-16)12-20(36)24(26,27)28/h8-11,16,20,36H,4-7,12H2,1-3H3,(H3,29,30,31,32,33,34). The zero-order valence-electron chi connectivity index (χ0n) is 20.2. The lowest BCUT2D eigenvalue weighted by Gasteiger charge is -2.34. The van der Waals surface area contributed by atoms with Crippen LogP contribution in [0.1, 0.15) is 41.1 Å². The lowest BCUT2D eigenvalue weighted by atomic mass is 9.85. The smallest absolute Gasteiger partial charge is 0.382 e. The molecule has 3 heterocycles. The average molecular weight is 524 g/mol. The maximum atomic E-state index is 12.7. The monoisotopic (exact) mass is 523 g/mol. The summed E-state index contributed by atoms with van der Waals surface area (Å²) in [7, 11) is 0. The predicted molar refractivity (Wildman–Crippen MR) is 133 cm³/mol. The highest BCUT2D eigenvalue weighted by atomic mass is 35.5. The number of alkyl halides is 3. The van der Waals surface area contributed by atoms with Crippen molar-refractivity contribution in [2.75, 3.05) is 30.3 Å². The Labute approximate surface area is 212 Å². The molecule has 1 atom stereocenters. The molecule has 1 aromatic carbocycles. The molecule has 36 heavy (non-hydrogen) atoms. The number of halogens is 4. The number of likely N-dealkylation sites (tertiary alicyclic amines) is 1. The molecule has 0 radical (unpaired) electrons. The molecular weight excluding hydrogens is 495 g/mol. The maximum Gasteiger partial charge on any atom is 0.415 e. The first-order valence-electron chi connectivity index (χ1n) is 11.7. The lowest BCUT2D eigenvalue weighted by Crippen LogP contribution is -2.44. The largest absolute Gasteiger partial charge is 0.415 e. The van der Waals surface area contributed by atoms with E-state index < -0.39 is 12.3 Å². The van der Waals surface area contributed by atoms with Crippen molar-refractivity contribution in [2.45, 2.75) is 51.8 Å². The lowest BCUT2D eigenvalue weighted by molar-refractivity contribution is -0.208. The number of nitrogens with one attached hydrogen (secondary N) is 3. The summed E-state index contributed by atoms with van der Waals surface area (Å²) in [5, 5.41) is 23.0. The molecule has 0 saturated carbocycles. The molecule has 3 aromatic rings. The van der Waals surface area contributed by atoms with E-state index in [1.807, 2.05) is 32.9 Å². The molecule has 1 saturated heterocycles. The Balaban J connectivity index is 1.43. The summed E-state index contributed by atoms with van der Waals surface area (Å²) in [5.41, 5.74) is 5.02. The Morgan fingerprint density at radius 1 is 1.14 bits per heavy atom. The number of aliphatic hydroxyl groups excluding tert-OH is 1. The van der Waals surface area contributed by atoms with Gasteiger partial charge in [-0.15, -0.1) is 0 Å². The molecule has 1 aliphatic rings. The molecular formula is C24H29ClF3N7O. The fraction of sp³-hybridized carbons (Fsp3) is 0.458. The van der Waals surface area contributed by atoms with Crippen molar-refractivity contribution in [3.63, 3.8) is 0 Å². The number of hydrogen-bond acceptors (Lipinski definition) is 7. The van der Waals surface area contributed by atoms with Gasteiger partial charge in [-0.2, -0.15) is 23.3 Å². The van der Waals surface area contributed by atoms with Gasteiger partial charge in [-0.1, -0.05) is 17.7 Å². The Hall–Kier alpha value is -2.89. The zero-order chi connectivity index (χ0) is 26.0. The van der Waals surface area contributed by atoms with Gasteiger partial charge in [-0.3, -0.25) is 5.10 Å². The van der Waals surface area contributed by atoms with Crippen LogP contribution in [0.2, 0.25) is 5.02 Å². The SMILES string of the molecule is Cc1cc(Nc2nc(Nc3cc(C)c(C4CCN(CC(O)C(F)(F)F)CC4)cc3C)ncc2Cl)n[nH]1. The topological polar surface area (TPSA) is 102 Å². The predicted octanol–water partition coefficient (Wildman–Crippen LogP) is 5.37. The number of anilines is 4. The van der Waals surface area contributed by atoms with E-state index in [4.69, 9.17) is 11.6 Å². The van der Waals surface area contributed by atoms with Crippen LogP contribution >= 0.6 is 11.6 Å².